The van der Waals surface area contributed by atoms with Gasteiger partial charge in [0, 0.05) is 19.6 Å². The molecule has 0 radical (unpaired) electrons. The standard InChI is InChI=1S/C10H18N2O3/c1-2-5-11-10(15)12-6-3-4-8(7-12)9(13)14/h8H,2-7H2,1H3,(H,11,15)(H,13,14)/t8-/m1/s1. The van der Waals surface area contributed by atoms with Crippen LogP contribution in [0.1, 0.15) is 26.2 Å². The van der Waals surface area contributed by atoms with Crippen LogP contribution in [0.4, 0.5) is 4.79 Å². The van der Waals surface area contributed by atoms with Gasteiger partial charge < -0.3 is 15.3 Å². The smallest absolute Gasteiger partial charge is 0.317 e. The first-order valence-electron chi connectivity index (χ1n) is 5.40. The van der Waals surface area contributed by atoms with E-state index in [1.54, 1.807) is 4.90 Å². The fourth-order valence-electron chi connectivity index (χ4n) is 1.71. The Morgan fingerprint density at radius 2 is 2.27 bits per heavy atom. The summed E-state index contributed by atoms with van der Waals surface area (Å²) in [6.07, 6.45) is 2.34. The van der Waals surface area contributed by atoms with Gasteiger partial charge in [0.2, 0.25) is 0 Å². The first kappa shape index (κ1) is 11.8. The molecule has 5 heteroatoms. The lowest BCUT2D eigenvalue weighted by atomic mass is 9.99. The summed E-state index contributed by atoms with van der Waals surface area (Å²) in [5, 5.41) is 11.6. The molecule has 0 aromatic carbocycles. The van der Waals surface area contributed by atoms with Crippen LogP contribution in [0.3, 0.4) is 0 Å². The molecule has 1 aliphatic rings. The van der Waals surface area contributed by atoms with Crippen LogP contribution in [-0.2, 0) is 4.79 Å². The van der Waals surface area contributed by atoms with Crippen LogP contribution in [0, 0.1) is 5.92 Å². The molecule has 5 nitrogen and oxygen atoms in total. The van der Waals surface area contributed by atoms with Crippen molar-refractivity contribution < 1.29 is 14.7 Å². The summed E-state index contributed by atoms with van der Waals surface area (Å²) >= 11 is 0. The van der Waals surface area contributed by atoms with Gasteiger partial charge in [-0.1, -0.05) is 6.92 Å². The molecular weight excluding hydrogens is 196 g/mol. The molecule has 1 saturated heterocycles. The van der Waals surface area contributed by atoms with Gasteiger partial charge in [0.05, 0.1) is 5.92 Å². The molecule has 0 aromatic heterocycles. The number of carboxylic acids is 1. The molecule has 0 aromatic rings. The third-order valence-corrected chi connectivity index (χ3v) is 2.58. The predicted octanol–water partition coefficient (Wildman–Crippen LogP) is 0.903. The minimum atomic E-state index is -0.803. The minimum absolute atomic E-state index is 0.136. The number of hydrogen-bond acceptors (Lipinski definition) is 2. The van der Waals surface area contributed by atoms with Crippen LogP contribution in [-0.4, -0.2) is 41.6 Å². The number of urea groups is 1. The molecule has 2 N–H and O–H groups in total. The molecule has 86 valence electrons. The van der Waals surface area contributed by atoms with Crippen LogP contribution in [0.5, 0.6) is 0 Å². The van der Waals surface area contributed by atoms with Crippen LogP contribution in [0.2, 0.25) is 0 Å². The van der Waals surface area contributed by atoms with Crippen molar-refractivity contribution in [1.29, 1.82) is 0 Å². The first-order chi connectivity index (χ1) is 7.15. The Morgan fingerprint density at radius 3 is 2.87 bits per heavy atom. The lowest BCUT2D eigenvalue weighted by Crippen LogP contribution is -2.47. The summed E-state index contributed by atoms with van der Waals surface area (Å²) in [5.74, 6) is -1.20. The van der Waals surface area contributed by atoms with Crippen molar-refractivity contribution in [1.82, 2.24) is 10.2 Å². The van der Waals surface area contributed by atoms with Gasteiger partial charge in [-0.3, -0.25) is 4.79 Å². The van der Waals surface area contributed by atoms with E-state index < -0.39 is 11.9 Å². The van der Waals surface area contributed by atoms with Gasteiger partial charge in [-0.25, -0.2) is 4.79 Å². The van der Waals surface area contributed by atoms with Crippen LogP contribution < -0.4 is 5.32 Å². The Bertz CT molecular complexity index is 243. The van der Waals surface area contributed by atoms with Gasteiger partial charge in [0.15, 0.2) is 0 Å². The number of hydrogen-bond donors (Lipinski definition) is 2. The Morgan fingerprint density at radius 1 is 1.53 bits per heavy atom. The van der Waals surface area contributed by atoms with E-state index >= 15 is 0 Å². The van der Waals surface area contributed by atoms with Crippen molar-refractivity contribution in [3.63, 3.8) is 0 Å². The number of carbonyl (C=O) groups is 2. The number of carboxylic acid groups (broad SMARTS) is 1. The van der Waals surface area contributed by atoms with Crippen molar-refractivity contribution >= 4 is 12.0 Å². The van der Waals surface area contributed by atoms with Crippen LogP contribution in [0.25, 0.3) is 0 Å². The zero-order valence-corrected chi connectivity index (χ0v) is 9.03. The Hall–Kier alpha value is -1.26. The molecule has 1 rings (SSSR count). The number of nitrogens with zero attached hydrogens (tertiary/aromatic N) is 1. The minimum Gasteiger partial charge on any atom is -0.481 e. The summed E-state index contributed by atoms with van der Waals surface area (Å²) in [4.78, 5) is 23.9. The third kappa shape index (κ3) is 3.42. The van der Waals surface area contributed by atoms with E-state index in [-0.39, 0.29) is 6.03 Å². The van der Waals surface area contributed by atoms with E-state index in [9.17, 15) is 9.59 Å². The van der Waals surface area contributed by atoms with Crippen LogP contribution >= 0.6 is 0 Å². The van der Waals surface area contributed by atoms with E-state index in [0.717, 1.165) is 12.8 Å². The molecule has 15 heavy (non-hydrogen) atoms. The normalized spacial score (nSPS) is 21.1. The number of nitrogens with one attached hydrogen (secondary N) is 1. The zero-order valence-electron chi connectivity index (χ0n) is 9.03. The highest BCUT2D eigenvalue weighted by Gasteiger charge is 2.27. The highest BCUT2D eigenvalue weighted by Crippen LogP contribution is 2.16. The van der Waals surface area contributed by atoms with Gasteiger partial charge in [0.25, 0.3) is 0 Å². The number of piperidine rings is 1. The number of amides is 2. The Kier molecular flexibility index (Phi) is 4.39. The largest absolute Gasteiger partial charge is 0.481 e. The van der Waals surface area contributed by atoms with Crippen molar-refractivity contribution in [2.75, 3.05) is 19.6 Å². The fraction of sp³-hybridized carbons (Fsp3) is 0.800. The highest BCUT2D eigenvalue weighted by molar-refractivity contribution is 5.76. The molecule has 1 fully saturated rings. The van der Waals surface area contributed by atoms with Gasteiger partial charge in [-0.05, 0) is 19.3 Å². The molecule has 1 atom stereocenters. The second kappa shape index (κ2) is 5.58. The van der Waals surface area contributed by atoms with E-state index in [0.29, 0.717) is 26.1 Å². The van der Waals surface area contributed by atoms with E-state index in [1.165, 1.54) is 0 Å². The SMILES string of the molecule is CCCNC(=O)N1CCC[C@@H](C(=O)O)C1. The molecule has 0 unspecified atom stereocenters. The summed E-state index contributed by atoms with van der Waals surface area (Å²) < 4.78 is 0. The molecule has 1 aliphatic heterocycles. The zero-order chi connectivity index (χ0) is 11.3. The van der Waals surface area contributed by atoms with Gasteiger partial charge in [0.1, 0.15) is 0 Å². The average Bonchev–Trinajstić information content (AvgIpc) is 2.26. The van der Waals surface area contributed by atoms with Gasteiger partial charge in [-0.2, -0.15) is 0 Å². The maximum Gasteiger partial charge on any atom is 0.317 e. The number of carbonyl (C=O) groups excluding carboxylic acids is 1. The van der Waals surface area contributed by atoms with E-state index in [4.69, 9.17) is 5.11 Å². The number of aliphatic carboxylic acids is 1. The molecular formula is C10H18N2O3. The monoisotopic (exact) mass is 214 g/mol. The Labute approximate surface area is 89.4 Å². The van der Waals surface area contributed by atoms with Crippen molar-refractivity contribution in [3.05, 3.63) is 0 Å². The molecule has 2 amide bonds. The Balaban J connectivity index is 2.41. The topological polar surface area (TPSA) is 69.6 Å². The van der Waals surface area contributed by atoms with Crippen LogP contribution in [0.15, 0.2) is 0 Å². The number of likely N-dealkylation sites (tertiary alicyclic amines) is 1. The molecule has 0 spiro atoms. The lowest BCUT2D eigenvalue weighted by molar-refractivity contribution is -0.143. The molecule has 0 aliphatic carbocycles. The average molecular weight is 214 g/mol. The van der Waals surface area contributed by atoms with Crippen molar-refractivity contribution in [2.45, 2.75) is 26.2 Å². The maximum atomic E-state index is 11.5. The molecule has 0 bridgehead atoms. The second-order valence-corrected chi connectivity index (χ2v) is 3.86. The number of rotatable bonds is 3. The second-order valence-electron chi connectivity index (χ2n) is 3.86. The van der Waals surface area contributed by atoms with E-state index in [2.05, 4.69) is 5.32 Å². The quantitative estimate of drug-likeness (QED) is 0.733. The van der Waals surface area contributed by atoms with E-state index in [1.807, 2.05) is 6.92 Å². The molecule has 0 saturated carbocycles. The summed E-state index contributed by atoms with van der Waals surface area (Å²) in [6.45, 7) is 3.63. The van der Waals surface area contributed by atoms with Crippen molar-refractivity contribution in [3.8, 4) is 0 Å². The third-order valence-electron chi connectivity index (χ3n) is 2.58. The molecule has 1 heterocycles. The lowest BCUT2D eigenvalue weighted by Gasteiger charge is -2.30. The maximum absolute atomic E-state index is 11.5. The highest BCUT2D eigenvalue weighted by atomic mass is 16.4. The summed E-state index contributed by atoms with van der Waals surface area (Å²) in [7, 11) is 0. The summed E-state index contributed by atoms with van der Waals surface area (Å²) in [6, 6.07) is -0.136. The predicted molar refractivity (Wildman–Crippen MR) is 55.6 cm³/mol. The van der Waals surface area contributed by atoms with Crippen molar-refractivity contribution in [2.24, 2.45) is 5.92 Å². The summed E-state index contributed by atoms with van der Waals surface area (Å²) in [5.41, 5.74) is 0. The first-order valence-corrected chi connectivity index (χ1v) is 5.40. The van der Waals surface area contributed by atoms with Gasteiger partial charge >= 0.3 is 12.0 Å². The fourth-order valence-corrected chi connectivity index (χ4v) is 1.71. The van der Waals surface area contributed by atoms with Gasteiger partial charge in [-0.15, -0.1) is 0 Å².